The Labute approximate surface area is 72.4 Å². The van der Waals surface area contributed by atoms with Gasteiger partial charge >= 0.3 is 0 Å². The predicted octanol–water partition coefficient (Wildman–Crippen LogP) is 1.47. The van der Waals surface area contributed by atoms with E-state index < -0.39 is 5.54 Å². The third-order valence-corrected chi connectivity index (χ3v) is 2.53. The molecule has 0 spiro atoms. The fourth-order valence-corrected chi connectivity index (χ4v) is 1.74. The second-order valence-electron chi connectivity index (χ2n) is 4.41. The van der Waals surface area contributed by atoms with Gasteiger partial charge in [0.1, 0.15) is 0 Å². The molecule has 4 heteroatoms. The summed E-state index contributed by atoms with van der Waals surface area (Å²) in [7, 11) is 0. The van der Waals surface area contributed by atoms with Crippen LogP contribution >= 0.6 is 0 Å². The minimum absolute atomic E-state index is 0.342. The van der Waals surface area contributed by atoms with Crippen LogP contribution in [0.2, 0.25) is 0 Å². The number of nitrogens with zero attached hydrogens (tertiary/aromatic N) is 2. The molecule has 12 heavy (non-hydrogen) atoms. The van der Waals surface area contributed by atoms with Crippen molar-refractivity contribution < 1.29 is 10.4 Å². The fourth-order valence-electron chi connectivity index (χ4n) is 1.74. The molecule has 4 nitrogen and oxygen atoms in total. The van der Waals surface area contributed by atoms with Gasteiger partial charge in [0.15, 0.2) is 0 Å². The minimum Gasteiger partial charge on any atom is -0.411 e. The third-order valence-electron chi connectivity index (χ3n) is 2.53. The molecule has 1 heterocycles. The Kier molecular flexibility index (Phi) is 1.92. The van der Waals surface area contributed by atoms with Crippen LogP contribution in [-0.4, -0.2) is 32.3 Å². The monoisotopic (exact) mass is 172 g/mol. The summed E-state index contributed by atoms with van der Waals surface area (Å²) in [5.74, 6) is 0. The molecular weight excluding hydrogens is 156 g/mol. The summed E-state index contributed by atoms with van der Waals surface area (Å²) in [4.78, 5) is 0. The Bertz CT molecular complexity index is 221. The summed E-state index contributed by atoms with van der Waals surface area (Å²) in [6.07, 6.45) is 0.590. The maximum Gasteiger partial charge on any atom is 0.0824 e. The molecule has 0 amide bonds. The number of hydrogen-bond acceptors (Lipinski definition) is 4. The molecule has 70 valence electrons. The van der Waals surface area contributed by atoms with E-state index >= 15 is 0 Å². The van der Waals surface area contributed by atoms with Crippen molar-refractivity contribution in [1.82, 2.24) is 5.06 Å². The van der Waals surface area contributed by atoms with Gasteiger partial charge in [0.05, 0.1) is 11.3 Å². The number of hydrogen-bond donors (Lipinski definition) is 2. The van der Waals surface area contributed by atoms with Gasteiger partial charge in [0.25, 0.3) is 0 Å². The second-order valence-corrected chi connectivity index (χ2v) is 4.41. The van der Waals surface area contributed by atoms with Crippen molar-refractivity contribution in [3.63, 3.8) is 0 Å². The average Bonchev–Trinajstić information content (AvgIpc) is 2.11. The van der Waals surface area contributed by atoms with E-state index in [1.54, 1.807) is 0 Å². The van der Waals surface area contributed by atoms with E-state index in [0.717, 1.165) is 0 Å². The first-order chi connectivity index (χ1) is 5.32. The molecule has 1 saturated heterocycles. The van der Waals surface area contributed by atoms with Crippen molar-refractivity contribution in [2.24, 2.45) is 5.16 Å². The van der Waals surface area contributed by atoms with Gasteiger partial charge in [-0.2, -0.15) is 5.06 Å². The van der Waals surface area contributed by atoms with Crippen molar-refractivity contribution >= 4 is 5.71 Å². The summed E-state index contributed by atoms with van der Waals surface area (Å²) >= 11 is 0. The second kappa shape index (κ2) is 2.44. The molecule has 0 radical (unpaired) electrons. The van der Waals surface area contributed by atoms with Gasteiger partial charge in [0, 0.05) is 12.0 Å². The highest BCUT2D eigenvalue weighted by Gasteiger charge is 2.49. The Morgan fingerprint density at radius 1 is 1.33 bits per heavy atom. The lowest BCUT2D eigenvalue weighted by Crippen LogP contribution is -2.47. The van der Waals surface area contributed by atoms with E-state index in [-0.39, 0.29) is 5.54 Å². The smallest absolute Gasteiger partial charge is 0.0824 e. The van der Waals surface area contributed by atoms with Crippen molar-refractivity contribution in [1.29, 1.82) is 0 Å². The number of rotatable bonds is 0. The van der Waals surface area contributed by atoms with Crippen LogP contribution in [0.5, 0.6) is 0 Å². The van der Waals surface area contributed by atoms with Crippen molar-refractivity contribution in [2.45, 2.75) is 45.2 Å². The third kappa shape index (κ3) is 1.11. The van der Waals surface area contributed by atoms with Gasteiger partial charge in [0.2, 0.25) is 0 Å². The largest absolute Gasteiger partial charge is 0.411 e. The highest BCUT2D eigenvalue weighted by Crippen LogP contribution is 2.36. The molecule has 0 aromatic heterocycles. The summed E-state index contributed by atoms with van der Waals surface area (Å²) in [5.41, 5.74) is -0.279. The van der Waals surface area contributed by atoms with Gasteiger partial charge in [-0.25, -0.2) is 0 Å². The lowest BCUT2D eigenvalue weighted by Gasteiger charge is -2.33. The highest BCUT2D eigenvalue weighted by molar-refractivity contribution is 5.95. The van der Waals surface area contributed by atoms with E-state index in [2.05, 4.69) is 5.16 Å². The zero-order valence-corrected chi connectivity index (χ0v) is 8.00. The highest BCUT2D eigenvalue weighted by atomic mass is 16.5. The molecular formula is C8H16N2O2. The first-order valence-corrected chi connectivity index (χ1v) is 4.03. The lowest BCUT2D eigenvalue weighted by atomic mass is 9.98. The first kappa shape index (κ1) is 9.48. The van der Waals surface area contributed by atoms with E-state index in [0.29, 0.717) is 12.1 Å². The SMILES string of the molecule is CC1(C)CC(=NO)C(C)(C)N1O. The van der Waals surface area contributed by atoms with E-state index in [4.69, 9.17) is 5.21 Å². The molecule has 2 N–H and O–H groups in total. The van der Waals surface area contributed by atoms with Gasteiger partial charge in [-0.05, 0) is 27.7 Å². The molecule has 0 aliphatic carbocycles. The number of hydroxylamine groups is 2. The van der Waals surface area contributed by atoms with Crippen molar-refractivity contribution in [3.05, 3.63) is 0 Å². The minimum atomic E-state index is -0.557. The average molecular weight is 172 g/mol. The first-order valence-electron chi connectivity index (χ1n) is 4.03. The van der Waals surface area contributed by atoms with Crippen LogP contribution in [0.4, 0.5) is 0 Å². The van der Waals surface area contributed by atoms with Crippen LogP contribution in [0.1, 0.15) is 34.1 Å². The zero-order valence-electron chi connectivity index (χ0n) is 8.00. The molecule has 0 aromatic rings. The summed E-state index contributed by atoms with van der Waals surface area (Å²) in [5, 5.41) is 22.9. The van der Waals surface area contributed by atoms with Crippen LogP contribution in [0.15, 0.2) is 5.16 Å². The Morgan fingerprint density at radius 2 is 1.83 bits per heavy atom. The predicted molar refractivity (Wildman–Crippen MR) is 45.6 cm³/mol. The normalized spacial score (nSPS) is 31.2. The fraction of sp³-hybridized carbons (Fsp3) is 0.875. The Morgan fingerprint density at radius 3 is 2.00 bits per heavy atom. The van der Waals surface area contributed by atoms with Gasteiger partial charge in [-0.15, -0.1) is 0 Å². The Balaban J connectivity index is 3.05. The standard InChI is InChI=1S/C8H16N2O2/c1-7(2)5-6(9-11)8(3,4)10(7)12/h11-12H,5H2,1-4H3. The van der Waals surface area contributed by atoms with Crippen LogP contribution in [-0.2, 0) is 0 Å². The van der Waals surface area contributed by atoms with Gasteiger partial charge in [-0.3, -0.25) is 0 Å². The topological polar surface area (TPSA) is 56.1 Å². The van der Waals surface area contributed by atoms with E-state index in [1.807, 2.05) is 27.7 Å². The molecule has 1 aliphatic heterocycles. The maximum absolute atomic E-state index is 9.73. The summed E-state index contributed by atoms with van der Waals surface area (Å²) in [6, 6.07) is 0. The molecule has 0 bridgehead atoms. The van der Waals surface area contributed by atoms with Crippen molar-refractivity contribution in [2.75, 3.05) is 0 Å². The molecule has 1 aliphatic rings. The number of oxime groups is 1. The molecule has 0 unspecified atom stereocenters. The molecule has 0 atom stereocenters. The lowest BCUT2D eigenvalue weighted by molar-refractivity contribution is -0.184. The van der Waals surface area contributed by atoms with Crippen molar-refractivity contribution in [3.8, 4) is 0 Å². The quantitative estimate of drug-likeness (QED) is 0.429. The van der Waals surface area contributed by atoms with Crippen LogP contribution in [0.3, 0.4) is 0 Å². The summed E-state index contributed by atoms with van der Waals surface area (Å²) < 4.78 is 0. The van der Waals surface area contributed by atoms with E-state index in [1.165, 1.54) is 5.06 Å². The van der Waals surface area contributed by atoms with Crippen LogP contribution in [0, 0.1) is 0 Å². The zero-order chi connectivity index (χ0) is 9.57. The molecule has 1 rings (SSSR count). The Hall–Kier alpha value is -0.610. The maximum atomic E-state index is 9.73. The molecule has 0 aromatic carbocycles. The van der Waals surface area contributed by atoms with Gasteiger partial charge < -0.3 is 10.4 Å². The van der Waals surface area contributed by atoms with E-state index in [9.17, 15) is 5.21 Å². The van der Waals surface area contributed by atoms with Crippen LogP contribution < -0.4 is 0 Å². The van der Waals surface area contributed by atoms with Crippen LogP contribution in [0.25, 0.3) is 0 Å². The summed E-state index contributed by atoms with van der Waals surface area (Å²) in [6.45, 7) is 7.48. The molecule has 1 fully saturated rings. The van der Waals surface area contributed by atoms with Gasteiger partial charge in [-0.1, -0.05) is 5.16 Å². The molecule has 0 saturated carbocycles.